The molecule has 3 rings (SSSR count). The van der Waals surface area contributed by atoms with Gasteiger partial charge in [0.1, 0.15) is 12.4 Å². The van der Waals surface area contributed by atoms with Gasteiger partial charge in [-0.2, -0.15) is 0 Å². The summed E-state index contributed by atoms with van der Waals surface area (Å²) in [7, 11) is 0. The van der Waals surface area contributed by atoms with Crippen molar-refractivity contribution in [2.24, 2.45) is 0 Å². The maximum Gasteiger partial charge on any atom is 0.335 e. The molecule has 1 amide bonds. The number of carboxylic acids is 1. The van der Waals surface area contributed by atoms with Gasteiger partial charge in [0.2, 0.25) is 0 Å². The van der Waals surface area contributed by atoms with Crippen molar-refractivity contribution in [2.45, 2.75) is 13.5 Å². The number of amides is 1. The summed E-state index contributed by atoms with van der Waals surface area (Å²) in [6.07, 6.45) is 0. The van der Waals surface area contributed by atoms with Gasteiger partial charge in [-0.3, -0.25) is 4.79 Å². The zero-order valence-electron chi connectivity index (χ0n) is 14.8. The van der Waals surface area contributed by atoms with Crippen molar-refractivity contribution in [3.05, 3.63) is 95.1 Å². The fourth-order valence-corrected chi connectivity index (χ4v) is 2.55. The minimum atomic E-state index is -1.04. The molecular weight excluding hydrogens is 342 g/mol. The number of nitrogens with one attached hydrogen (secondary N) is 1. The molecule has 0 saturated carbocycles. The molecule has 5 heteroatoms. The van der Waals surface area contributed by atoms with Crippen LogP contribution in [0.15, 0.2) is 72.8 Å². The number of benzene rings is 3. The topological polar surface area (TPSA) is 75.6 Å². The van der Waals surface area contributed by atoms with Crippen molar-refractivity contribution >= 4 is 17.6 Å². The standard InChI is InChI=1S/C22H19NO4/c1-15-10-11-18(22(25)26)13-20(15)23-21(24)17-8-5-9-19(12-17)27-14-16-6-3-2-4-7-16/h2-13H,14H2,1H3,(H,23,24)(H,25,26). The monoisotopic (exact) mass is 361 g/mol. The summed E-state index contributed by atoms with van der Waals surface area (Å²) in [6.45, 7) is 2.21. The molecule has 0 heterocycles. The molecule has 0 saturated heterocycles. The highest BCUT2D eigenvalue weighted by atomic mass is 16.5. The third kappa shape index (κ3) is 4.73. The molecule has 0 aromatic heterocycles. The third-order valence-corrected chi connectivity index (χ3v) is 4.08. The number of carboxylic acid groups (broad SMARTS) is 1. The lowest BCUT2D eigenvalue weighted by Gasteiger charge is -2.11. The van der Waals surface area contributed by atoms with Crippen molar-refractivity contribution in [3.63, 3.8) is 0 Å². The zero-order valence-corrected chi connectivity index (χ0v) is 14.8. The molecule has 5 nitrogen and oxygen atoms in total. The molecule has 0 aliphatic heterocycles. The molecule has 0 fully saturated rings. The quantitative estimate of drug-likeness (QED) is 0.677. The molecule has 27 heavy (non-hydrogen) atoms. The molecule has 3 aromatic carbocycles. The van der Waals surface area contributed by atoms with Crippen LogP contribution in [0.25, 0.3) is 0 Å². The molecule has 0 bridgehead atoms. The lowest BCUT2D eigenvalue weighted by atomic mass is 10.1. The minimum Gasteiger partial charge on any atom is -0.489 e. The summed E-state index contributed by atoms with van der Waals surface area (Å²) in [5, 5.41) is 11.9. The highest BCUT2D eigenvalue weighted by Gasteiger charge is 2.11. The number of aromatic carboxylic acids is 1. The number of ether oxygens (including phenoxy) is 1. The second kappa shape index (κ2) is 8.19. The maximum absolute atomic E-state index is 12.6. The first kappa shape index (κ1) is 18.2. The number of hydrogen-bond acceptors (Lipinski definition) is 3. The minimum absolute atomic E-state index is 0.121. The van der Waals surface area contributed by atoms with Gasteiger partial charge in [-0.1, -0.05) is 42.5 Å². The molecule has 0 aliphatic rings. The van der Waals surface area contributed by atoms with E-state index in [4.69, 9.17) is 9.84 Å². The Morgan fingerprint density at radius 2 is 1.70 bits per heavy atom. The van der Waals surface area contributed by atoms with Crippen molar-refractivity contribution < 1.29 is 19.4 Å². The summed E-state index contributed by atoms with van der Waals surface area (Å²) >= 11 is 0. The van der Waals surface area contributed by atoms with E-state index in [2.05, 4.69) is 5.32 Å². The van der Waals surface area contributed by atoms with Crippen molar-refractivity contribution in [1.82, 2.24) is 0 Å². The SMILES string of the molecule is Cc1ccc(C(=O)O)cc1NC(=O)c1cccc(OCc2ccccc2)c1. The van der Waals surface area contributed by atoms with Crippen molar-refractivity contribution in [3.8, 4) is 5.75 Å². The molecule has 0 aliphatic carbocycles. The lowest BCUT2D eigenvalue weighted by molar-refractivity contribution is 0.0696. The molecule has 3 aromatic rings. The molecule has 0 atom stereocenters. The Morgan fingerprint density at radius 1 is 0.926 bits per heavy atom. The van der Waals surface area contributed by atoms with E-state index in [9.17, 15) is 9.59 Å². The largest absolute Gasteiger partial charge is 0.489 e. The molecule has 136 valence electrons. The van der Waals surface area contributed by atoms with Gasteiger partial charge in [0, 0.05) is 11.3 Å². The predicted octanol–water partition coefficient (Wildman–Crippen LogP) is 4.52. The number of hydrogen-bond donors (Lipinski definition) is 2. The molecule has 0 radical (unpaired) electrons. The van der Waals surface area contributed by atoms with E-state index in [1.807, 2.05) is 30.3 Å². The van der Waals surface area contributed by atoms with Gasteiger partial charge in [0.15, 0.2) is 0 Å². The lowest BCUT2D eigenvalue weighted by Crippen LogP contribution is -2.13. The molecular formula is C22H19NO4. The highest BCUT2D eigenvalue weighted by Crippen LogP contribution is 2.20. The van der Waals surface area contributed by atoms with Gasteiger partial charge >= 0.3 is 5.97 Å². The van der Waals surface area contributed by atoms with Gasteiger partial charge in [0.05, 0.1) is 5.56 Å². The predicted molar refractivity (Wildman–Crippen MR) is 103 cm³/mol. The van der Waals surface area contributed by atoms with Crippen molar-refractivity contribution in [2.75, 3.05) is 5.32 Å². The Bertz CT molecular complexity index is 967. The highest BCUT2D eigenvalue weighted by molar-refractivity contribution is 6.05. The number of carbonyl (C=O) groups is 2. The Hall–Kier alpha value is -3.60. The zero-order chi connectivity index (χ0) is 19.2. The summed E-state index contributed by atoms with van der Waals surface area (Å²) < 4.78 is 5.75. The van der Waals surface area contributed by atoms with E-state index in [0.29, 0.717) is 23.6 Å². The molecule has 0 spiro atoms. The van der Waals surface area contributed by atoms with Crippen LogP contribution in [0.3, 0.4) is 0 Å². The first-order chi connectivity index (χ1) is 13.0. The van der Waals surface area contributed by atoms with Crippen LogP contribution in [0, 0.1) is 6.92 Å². The van der Waals surface area contributed by atoms with Gasteiger partial charge in [0.25, 0.3) is 5.91 Å². The fourth-order valence-electron chi connectivity index (χ4n) is 2.55. The normalized spacial score (nSPS) is 10.3. The second-order valence-electron chi connectivity index (χ2n) is 6.09. The van der Waals surface area contributed by atoms with Crippen LogP contribution in [0.2, 0.25) is 0 Å². The van der Waals surface area contributed by atoms with Crippen LogP contribution in [0.4, 0.5) is 5.69 Å². The summed E-state index contributed by atoms with van der Waals surface area (Å²) in [4.78, 5) is 23.7. The Balaban J connectivity index is 1.72. The first-order valence-electron chi connectivity index (χ1n) is 8.45. The van der Waals surface area contributed by atoms with Crippen LogP contribution < -0.4 is 10.1 Å². The van der Waals surface area contributed by atoms with Crippen LogP contribution in [-0.4, -0.2) is 17.0 Å². The molecule has 0 unspecified atom stereocenters. The Morgan fingerprint density at radius 3 is 2.44 bits per heavy atom. The van der Waals surface area contributed by atoms with Crippen LogP contribution in [-0.2, 0) is 6.61 Å². The van der Waals surface area contributed by atoms with Crippen LogP contribution in [0.5, 0.6) is 5.75 Å². The van der Waals surface area contributed by atoms with Crippen LogP contribution in [0.1, 0.15) is 31.8 Å². The Kier molecular flexibility index (Phi) is 5.52. The van der Waals surface area contributed by atoms with E-state index >= 15 is 0 Å². The van der Waals surface area contributed by atoms with E-state index < -0.39 is 5.97 Å². The number of rotatable bonds is 6. The number of carbonyl (C=O) groups excluding carboxylic acids is 1. The maximum atomic E-state index is 12.6. The first-order valence-corrected chi connectivity index (χ1v) is 8.45. The summed E-state index contributed by atoms with van der Waals surface area (Å²) in [6, 6.07) is 21.3. The van der Waals surface area contributed by atoms with E-state index in [1.165, 1.54) is 12.1 Å². The number of aryl methyl sites for hydroxylation is 1. The average Bonchev–Trinajstić information content (AvgIpc) is 2.69. The smallest absolute Gasteiger partial charge is 0.335 e. The second-order valence-corrected chi connectivity index (χ2v) is 6.09. The Labute approximate surface area is 157 Å². The van der Waals surface area contributed by atoms with Gasteiger partial charge in [-0.25, -0.2) is 4.79 Å². The van der Waals surface area contributed by atoms with E-state index in [-0.39, 0.29) is 11.5 Å². The fraction of sp³-hybridized carbons (Fsp3) is 0.0909. The average molecular weight is 361 g/mol. The molecule has 2 N–H and O–H groups in total. The van der Waals surface area contributed by atoms with Crippen LogP contribution >= 0.6 is 0 Å². The van der Waals surface area contributed by atoms with Gasteiger partial charge in [-0.15, -0.1) is 0 Å². The van der Waals surface area contributed by atoms with Gasteiger partial charge < -0.3 is 15.2 Å². The third-order valence-electron chi connectivity index (χ3n) is 4.08. The number of anilines is 1. The summed E-state index contributed by atoms with van der Waals surface area (Å²) in [5.74, 6) is -0.782. The van der Waals surface area contributed by atoms with E-state index in [0.717, 1.165) is 11.1 Å². The van der Waals surface area contributed by atoms with Gasteiger partial charge in [-0.05, 0) is 48.4 Å². The van der Waals surface area contributed by atoms with E-state index in [1.54, 1.807) is 37.3 Å². The van der Waals surface area contributed by atoms with Crippen molar-refractivity contribution in [1.29, 1.82) is 0 Å². The summed E-state index contributed by atoms with van der Waals surface area (Å²) in [5.41, 5.74) is 2.84.